The third-order valence-corrected chi connectivity index (χ3v) is 9.73. The van der Waals surface area contributed by atoms with Crippen molar-refractivity contribution in [3.05, 3.63) is 130 Å². The molecule has 0 saturated carbocycles. The summed E-state index contributed by atoms with van der Waals surface area (Å²) in [6.45, 7) is 1.41. The first-order valence-corrected chi connectivity index (χ1v) is 16.7. The number of sulfonamides is 1. The lowest BCUT2D eigenvalue weighted by atomic mass is 10.0. The number of nitrogens with one attached hydrogen (secondary N) is 1. The molecule has 2 amide bonds. The maximum Gasteiger partial charge on any atom is 0.264 e. The molecule has 45 heavy (non-hydrogen) atoms. The molecule has 0 saturated heterocycles. The first kappa shape index (κ1) is 34.0. The number of benzene rings is 4. The van der Waals surface area contributed by atoms with Crippen LogP contribution >= 0.6 is 23.2 Å². The van der Waals surface area contributed by atoms with Crippen LogP contribution < -0.4 is 9.62 Å². The minimum atomic E-state index is -4.31. The van der Waals surface area contributed by atoms with Crippen molar-refractivity contribution in [2.24, 2.45) is 0 Å². The van der Waals surface area contributed by atoms with Gasteiger partial charge in [0.05, 0.1) is 20.6 Å². The third kappa shape index (κ3) is 8.84. The third-order valence-electron chi connectivity index (χ3n) is 7.20. The van der Waals surface area contributed by atoms with Gasteiger partial charge in [-0.2, -0.15) is 0 Å². The van der Waals surface area contributed by atoms with Crippen LogP contribution in [0.25, 0.3) is 0 Å². The molecule has 4 rings (SSSR count). The van der Waals surface area contributed by atoms with Crippen LogP contribution in [0.3, 0.4) is 0 Å². The molecule has 1 atom stereocenters. The fourth-order valence-corrected chi connectivity index (χ4v) is 6.48. The second kappa shape index (κ2) is 15.9. The predicted molar refractivity (Wildman–Crippen MR) is 176 cm³/mol. The van der Waals surface area contributed by atoms with Crippen molar-refractivity contribution >= 4 is 50.7 Å². The van der Waals surface area contributed by atoms with E-state index in [2.05, 4.69) is 5.32 Å². The van der Waals surface area contributed by atoms with Crippen LogP contribution in [-0.4, -0.2) is 44.3 Å². The fraction of sp³-hybridized carbons (Fsp3) is 0.235. The Morgan fingerprint density at radius 1 is 0.867 bits per heavy atom. The molecule has 7 nitrogen and oxygen atoms in total. The molecule has 11 heteroatoms. The van der Waals surface area contributed by atoms with Crippen LogP contribution in [0.5, 0.6) is 0 Å². The average molecular weight is 671 g/mol. The summed E-state index contributed by atoms with van der Waals surface area (Å²) in [6.07, 6.45) is 1.69. The van der Waals surface area contributed by atoms with Gasteiger partial charge in [0, 0.05) is 25.1 Å². The predicted octanol–water partition coefficient (Wildman–Crippen LogP) is 6.88. The molecule has 0 aliphatic heterocycles. The fourth-order valence-electron chi connectivity index (χ4n) is 4.76. The van der Waals surface area contributed by atoms with Gasteiger partial charge in [0.2, 0.25) is 11.8 Å². The van der Waals surface area contributed by atoms with Gasteiger partial charge in [-0.1, -0.05) is 103 Å². The molecule has 1 N–H and O–H groups in total. The second-order valence-corrected chi connectivity index (χ2v) is 13.1. The normalized spacial score (nSPS) is 11.9. The highest BCUT2D eigenvalue weighted by atomic mass is 35.5. The lowest BCUT2D eigenvalue weighted by molar-refractivity contribution is -0.140. The maximum absolute atomic E-state index is 15.0. The summed E-state index contributed by atoms with van der Waals surface area (Å²) in [7, 11) is -4.31. The zero-order valence-corrected chi connectivity index (χ0v) is 27.0. The zero-order chi connectivity index (χ0) is 32.4. The minimum Gasteiger partial charge on any atom is -0.354 e. The number of hydrogen-bond acceptors (Lipinski definition) is 4. The second-order valence-electron chi connectivity index (χ2n) is 10.4. The molecular weight excluding hydrogens is 636 g/mol. The van der Waals surface area contributed by atoms with Crippen molar-refractivity contribution in [1.82, 2.24) is 10.2 Å². The van der Waals surface area contributed by atoms with Gasteiger partial charge >= 0.3 is 0 Å². The molecule has 0 aliphatic carbocycles. The minimum absolute atomic E-state index is 0.0531. The lowest BCUT2D eigenvalue weighted by Gasteiger charge is -2.34. The molecular formula is C34H34Cl2FN3O4S. The van der Waals surface area contributed by atoms with E-state index in [1.54, 1.807) is 24.3 Å². The molecule has 0 heterocycles. The molecule has 0 radical (unpaired) electrons. The molecule has 236 valence electrons. The monoisotopic (exact) mass is 669 g/mol. The van der Waals surface area contributed by atoms with E-state index < -0.39 is 40.2 Å². The summed E-state index contributed by atoms with van der Waals surface area (Å²) < 4.78 is 43.9. The molecule has 0 fully saturated rings. The van der Waals surface area contributed by atoms with E-state index in [-0.39, 0.29) is 39.2 Å². The topological polar surface area (TPSA) is 86.8 Å². The number of halogens is 3. The standard InChI is InChI=1S/C34H34Cl2FN3O4S/c1-2-3-20-38-34(42)32(21-25-12-6-4-7-13-25)39(23-26-14-10-11-17-31(26)37)33(41)24-40(27-18-19-29(35)30(36)22-27)45(43,44)28-15-8-5-9-16-28/h4-19,22,32H,2-3,20-21,23-24H2,1H3,(H,38,42)/t32-/m0/s1. The summed E-state index contributed by atoms with van der Waals surface area (Å²) in [4.78, 5) is 29.3. The van der Waals surface area contributed by atoms with Gasteiger partial charge in [0.25, 0.3) is 10.0 Å². The van der Waals surface area contributed by atoms with Gasteiger partial charge in [-0.15, -0.1) is 0 Å². The van der Waals surface area contributed by atoms with Crippen molar-refractivity contribution in [3.8, 4) is 0 Å². The lowest BCUT2D eigenvalue weighted by Crippen LogP contribution is -2.53. The van der Waals surface area contributed by atoms with Gasteiger partial charge in [-0.05, 0) is 48.4 Å². The van der Waals surface area contributed by atoms with E-state index in [1.807, 2.05) is 37.3 Å². The number of nitrogens with zero attached hydrogens (tertiary/aromatic N) is 2. The molecule has 0 aliphatic rings. The van der Waals surface area contributed by atoms with Crippen LogP contribution in [0.1, 0.15) is 30.9 Å². The number of carbonyl (C=O) groups excluding carboxylic acids is 2. The number of hydrogen-bond donors (Lipinski definition) is 1. The van der Waals surface area contributed by atoms with Crippen LogP contribution in [-0.2, 0) is 32.6 Å². The number of anilines is 1. The van der Waals surface area contributed by atoms with Crippen molar-refractivity contribution in [2.75, 3.05) is 17.4 Å². The number of amides is 2. The van der Waals surface area contributed by atoms with Crippen molar-refractivity contribution in [2.45, 2.75) is 43.7 Å². The Balaban J connectivity index is 1.81. The first-order valence-electron chi connectivity index (χ1n) is 14.5. The van der Waals surface area contributed by atoms with Gasteiger partial charge in [0.15, 0.2) is 0 Å². The highest BCUT2D eigenvalue weighted by Crippen LogP contribution is 2.31. The Hall–Kier alpha value is -3.92. The highest BCUT2D eigenvalue weighted by molar-refractivity contribution is 7.92. The number of carbonyl (C=O) groups is 2. The maximum atomic E-state index is 15.0. The molecule has 0 aromatic heterocycles. The quantitative estimate of drug-likeness (QED) is 0.148. The van der Waals surface area contributed by atoms with E-state index >= 15 is 4.39 Å². The van der Waals surface area contributed by atoms with Crippen LogP contribution in [0.4, 0.5) is 10.1 Å². The van der Waals surface area contributed by atoms with Crippen LogP contribution in [0.15, 0.2) is 108 Å². The average Bonchev–Trinajstić information content (AvgIpc) is 3.04. The van der Waals surface area contributed by atoms with Crippen molar-refractivity contribution in [1.29, 1.82) is 0 Å². The van der Waals surface area contributed by atoms with E-state index in [9.17, 15) is 18.0 Å². The molecule has 0 bridgehead atoms. The zero-order valence-electron chi connectivity index (χ0n) is 24.7. The summed E-state index contributed by atoms with van der Waals surface area (Å²) >= 11 is 12.4. The van der Waals surface area contributed by atoms with Crippen LogP contribution in [0, 0.1) is 5.82 Å². The van der Waals surface area contributed by atoms with Gasteiger partial charge in [-0.25, -0.2) is 12.8 Å². The van der Waals surface area contributed by atoms with Crippen molar-refractivity contribution < 1.29 is 22.4 Å². The smallest absolute Gasteiger partial charge is 0.264 e. The van der Waals surface area contributed by atoms with Crippen molar-refractivity contribution in [3.63, 3.8) is 0 Å². The Kier molecular flexibility index (Phi) is 12.0. The summed E-state index contributed by atoms with van der Waals surface area (Å²) in [5, 5.41) is 3.20. The molecule has 0 spiro atoms. The largest absolute Gasteiger partial charge is 0.354 e. The number of rotatable bonds is 14. The first-order chi connectivity index (χ1) is 21.6. The van der Waals surface area contributed by atoms with Gasteiger partial charge in [-0.3, -0.25) is 13.9 Å². The van der Waals surface area contributed by atoms with Gasteiger partial charge in [0.1, 0.15) is 18.4 Å². The Morgan fingerprint density at radius 2 is 1.51 bits per heavy atom. The Bertz CT molecular complexity index is 1710. The Morgan fingerprint density at radius 3 is 2.16 bits per heavy atom. The van der Waals surface area contributed by atoms with E-state index in [0.29, 0.717) is 6.54 Å². The summed E-state index contributed by atoms with van der Waals surface area (Å²) in [5.41, 5.74) is 1.05. The summed E-state index contributed by atoms with van der Waals surface area (Å²) in [5.74, 6) is -1.70. The van der Waals surface area contributed by atoms with Crippen LogP contribution in [0.2, 0.25) is 10.0 Å². The Labute approximate surface area is 273 Å². The number of unbranched alkanes of at least 4 members (excludes halogenated alkanes) is 1. The SMILES string of the molecule is CCCCNC(=O)[C@H](Cc1ccccc1)N(Cc1ccccc1F)C(=O)CN(c1ccc(Cl)c(Cl)c1)S(=O)(=O)c1ccccc1. The molecule has 4 aromatic carbocycles. The highest BCUT2D eigenvalue weighted by Gasteiger charge is 2.35. The molecule has 0 unspecified atom stereocenters. The van der Waals surface area contributed by atoms with E-state index in [4.69, 9.17) is 23.2 Å². The van der Waals surface area contributed by atoms with E-state index in [0.717, 1.165) is 22.7 Å². The summed E-state index contributed by atoms with van der Waals surface area (Å²) in [6, 6.07) is 25.9. The van der Waals surface area contributed by atoms with E-state index in [1.165, 1.54) is 53.4 Å². The van der Waals surface area contributed by atoms with Gasteiger partial charge < -0.3 is 10.2 Å². The molecule has 4 aromatic rings.